The molecule has 3 nitrogen and oxygen atoms in total. The standard InChI is InChI=1S/C23H29F3N2O/c1-7-18(19(8-2)23(24,25)26)21-14-17(27-28(21)16(4)29)11-12-20-15(3)10-9-13-22(20,5)6/h7-8,10-12,20-21H,1-2,9,13-14H2,3-6H3/b12-11+,19-18-. The molecule has 2 unspecified atom stereocenters. The van der Waals surface area contributed by atoms with Crippen LogP contribution in [0.1, 0.15) is 47.0 Å². The molecule has 1 heterocycles. The van der Waals surface area contributed by atoms with Gasteiger partial charge in [0.2, 0.25) is 5.91 Å². The number of hydrazone groups is 1. The Morgan fingerprint density at radius 3 is 2.45 bits per heavy atom. The SMILES string of the molecule is C=C/C(=C(\C=C)C(F)(F)F)C1CC(/C=C/C2C(C)=CCCC2(C)C)=NN1C(C)=O. The van der Waals surface area contributed by atoms with Crippen LogP contribution in [0.3, 0.4) is 0 Å². The van der Waals surface area contributed by atoms with Crippen molar-refractivity contribution < 1.29 is 18.0 Å². The first-order valence-corrected chi connectivity index (χ1v) is 9.70. The first-order chi connectivity index (χ1) is 13.4. The summed E-state index contributed by atoms with van der Waals surface area (Å²) in [5.74, 6) is -0.200. The smallest absolute Gasteiger partial charge is 0.273 e. The van der Waals surface area contributed by atoms with Crippen molar-refractivity contribution in [3.8, 4) is 0 Å². The van der Waals surface area contributed by atoms with E-state index in [1.165, 1.54) is 12.5 Å². The number of amides is 1. The lowest BCUT2D eigenvalue weighted by atomic mass is 9.68. The average molecular weight is 406 g/mol. The van der Waals surface area contributed by atoms with E-state index in [4.69, 9.17) is 0 Å². The van der Waals surface area contributed by atoms with Crippen LogP contribution in [0.5, 0.6) is 0 Å². The molecule has 1 aliphatic carbocycles. The summed E-state index contributed by atoms with van der Waals surface area (Å²) in [6, 6.07) is -0.852. The fourth-order valence-corrected chi connectivity index (χ4v) is 4.18. The zero-order chi connectivity index (χ0) is 22.0. The van der Waals surface area contributed by atoms with E-state index in [1.54, 1.807) is 0 Å². The second-order valence-electron chi connectivity index (χ2n) is 8.26. The normalized spacial score (nSPS) is 25.4. The minimum absolute atomic E-state index is 0.0899. The first kappa shape index (κ1) is 22.9. The van der Waals surface area contributed by atoms with Gasteiger partial charge in [-0.15, -0.1) is 0 Å². The monoisotopic (exact) mass is 406 g/mol. The third kappa shape index (κ3) is 4.98. The van der Waals surface area contributed by atoms with E-state index in [2.05, 4.69) is 51.2 Å². The van der Waals surface area contributed by atoms with Crippen molar-refractivity contribution in [1.82, 2.24) is 5.01 Å². The van der Waals surface area contributed by atoms with Gasteiger partial charge in [0, 0.05) is 19.3 Å². The number of hydrogen-bond acceptors (Lipinski definition) is 2. The molecule has 2 atom stereocenters. The summed E-state index contributed by atoms with van der Waals surface area (Å²) in [4.78, 5) is 12.1. The van der Waals surface area contributed by atoms with Crippen LogP contribution in [-0.2, 0) is 4.79 Å². The molecule has 2 aliphatic rings. The van der Waals surface area contributed by atoms with Gasteiger partial charge < -0.3 is 0 Å². The van der Waals surface area contributed by atoms with Crippen LogP contribution in [0.25, 0.3) is 0 Å². The van der Waals surface area contributed by atoms with Gasteiger partial charge in [0.05, 0.1) is 17.3 Å². The van der Waals surface area contributed by atoms with Crippen LogP contribution < -0.4 is 0 Å². The minimum Gasteiger partial charge on any atom is -0.273 e. The predicted molar refractivity (Wildman–Crippen MR) is 111 cm³/mol. The summed E-state index contributed by atoms with van der Waals surface area (Å²) >= 11 is 0. The quantitative estimate of drug-likeness (QED) is 0.399. The molecule has 2 rings (SSSR count). The molecule has 0 fully saturated rings. The van der Waals surface area contributed by atoms with E-state index < -0.39 is 23.7 Å². The first-order valence-electron chi connectivity index (χ1n) is 9.70. The third-order valence-corrected chi connectivity index (χ3v) is 5.72. The number of carbonyl (C=O) groups is 1. The van der Waals surface area contributed by atoms with Crippen molar-refractivity contribution in [2.45, 2.75) is 59.2 Å². The Bertz CT molecular complexity index is 812. The average Bonchev–Trinajstić information content (AvgIpc) is 3.01. The molecule has 1 aliphatic heterocycles. The van der Waals surface area contributed by atoms with Gasteiger partial charge in [0.1, 0.15) is 0 Å². The number of carbonyl (C=O) groups excluding carboxylic acids is 1. The molecule has 0 aromatic rings. The molecule has 0 radical (unpaired) electrons. The van der Waals surface area contributed by atoms with E-state index in [1.807, 2.05) is 6.08 Å². The molecule has 0 aromatic carbocycles. The Morgan fingerprint density at radius 2 is 1.97 bits per heavy atom. The van der Waals surface area contributed by atoms with Crippen molar-refractivity contribution in [2.75, 3.05) is 0 Å². The van der Waals surface area contributed by atoms with E-state index >= 15 is 0 Å². The second kappa shape index (κ2) is 8.56. The van der Waals surface area contributed by atoms with Gasteiger partial charge in [0.15, 0.2) is 0 Å². The van der Waals surface area contributed by atoms with Crippen molar-refractivity contribution in [1.29, 1.82) is 0 Å². The number of rotatable bonds is 5. The van der Waals surface area contributed by atoms with Gasteiger partial charge in [-0.2, -0.15) is 18.3 Å². The number of alkyl halides is 3. The van der Waals surface area contributed by atoms with Gasteiger partial charge in [-0.1, -0.05) is 56.9 Å². The molecule has 0 bridgehead atoms. The molecule has 0 aromatic heterocycles. The van der Waals surface area contributed by atoms with Crippen LogP contribution in [0.2, 0.25) is 0 Å². The summed E-state index contributed by atoms with van der Waals surface area (Å²) in [6.07, 6.45) is 5.74. The Labute approximate surface area is 171 Å². The van der Waals surface area contributed by atoms with Crippen molar-refractivity contribution in [3.05, 3.63) is 60.3 Å². The summed E-state index contributed by atoms with van der Waals surface area (Å²) in [7, 11) is 0. The summed E-state index contributed by atoms with van der Waals surface area (Å²) < 4.78 is 40.3. The number of nitrogens with zero attached hydrogens (tertiary/aromatic N) is 2. The highest BCUT2D eigenvalue weighted by atomic mass is 19.4. The maximum absolute atomic E-state index is 13.4. The zero-order valence-corrected chi connectivity index (χ0v) is 17.5. The Balaban J connectivity index is 2.38. The highest BCUT2D eigenvalue weighted by molar-refractivity contribution is 5.98. The summed E-state index contributed by atoms with van der Waals surface area (Å²) in [5.41, 5.74) is 0.950. The Morgan fingerprint density at radius 1 is 1.31 bits per heavy atom. The van der Waals surface area contributed by atoms with Crippen molar-refractivity contribution in [3.63, 3.8) is 0 Å². The van der Waals surface area contributed by atoms with Crippen molar-refractivity contribution in [2.24, 2.45) is 16.4 Å². The van der Waals surface area contributed by atoms with E-state index in [0.29, 0.717) is 5.71 Å². The lowest BCUT2D eigenvalue weighted by molar-refractivity contribution is -0.130. The molecule has 0 saturated heterocycles. The maximum atomic E-state index is 13.4. The lowest BCUT2D eigenvalue weighted by Gasteiger charge is -2.36. The van der Waals surface area contributed by atoms with E-state index in [9.17, 15) is 18.0 Å². The Hall–Kier alpha value is -2.37. The van der Waals surface area contributed by atoms with Gasteiger partial charge in [-0.3, -0.25) is 4.79 Å². The topological polar surface area (TPSA) is 32.7 Å². The van der Waals surface area contributed by atoms with Gasteiger partial charge in [-0.25, -0.2) is 5.01 Å². The second-order valence-corrected chi connectivity index (χ2v) is 8.26. The maximum Gasteiger partial charge on any atom is 0.416 e. The van der Waals surface area contributed by atoms with Gasteiger partial charge in [-0.05, 0) is 36.8 Å². The number of hydrogen-bond donors (Lipinski definition) is 0. The van der Waals surface area contributed by atoms with Crippen LogP contribution >= 0.6 is 0 Å². The molecule has 6 heteroatoms. The largest absolute Gasteiger partial charge is 0.416 e. The lowest BCUT2D eigenvalue weighted by Crippen LogP contribution is -2.33. The van der Waals surface area contributed by atoms with Crippen LogP contribution in [0.4, 0.5) is 13.2 Å². The van der Waals surface area contributed by atoms with E-state index in [-0.39, 0.29) is 23.3 Å². The van der Waals surface area contributed by atoms with Gasteiger partial charge in [0.25, 0.3) is 0 Å². The van der Waals surface area contributed by atoms with Crippen LogP contribution in [-0.4, -0.2) is 28.8 Å². The van der Waals surface area contributed by atoms with Crippen molar-refractivity contribution >= 4 is 11.6 Å². The summed E-state index contributed by atoms with van der Waals surface area (Å²) in [5, 5.41) is 5.42. The molecular formula is C23H29F3N2O. The number of halogens is 3. The predicted octanol–water partition coefficient (Wildman–Crippen LogP) is 6.13. The van der Waals surface area contributed by atoms with Crippen LogP contribution in [0.15, 0.2) is 65.4 Å². The molecule has 1 amide bonds. The van der Waals surface area contributed by atoms with Crippen LogP contribution in [0, 0.1) is 11.3 Å². The highest BCUT2D eigenvalue weighted by Gasteiger charge is 2.39. The molecule has 0 spiro atoms. The number of allylic oxidation sites excluding steroid dienone is 6. The third-order valence-electron chi connectivity index (χ3n) is 5.72. The fraction of sp³-hybridized carbons (Fsp3) is 0.478. The van der Waals surface area contributed by atoms with E-state index in [0.717, 1.165) is 30.0 Å². The molecule has 0 saturated carbocycles. The highest BCUT2D eigenvalue weighted by Crippen LogP contribution is 2.42. The molecule has 0 N–H and O–H groups in total. The minimum atomic E-state index is -4.58. The summed E-state index contributed by atoms with van der Waals surface area (Å²) in [6.45, 7) is 14.6. The molecule has 29 heavy (non-hydrogen) atoms. The molecule has 158 valence electrons. The van der Waals surface area contributed by atoms with Gasteiger partial charge >= 0.3 is 6.18 Å². The zero-order valence-electron chi connectivity index (χ0n) is 17.5. The Kier molecular flexibility index (Phi) is 6.76. The fourth-order valence-electron chi connectivity index (χ4n) is 4.18. The molecular weight excluding hydrogens is 377 g/mol.